The number of carbonyl (C=O) groups excluding carboxylic acids is 2. The van der Waals surface area contributed by atoms with Crippen molar-refractivity contribution in [3.63, 3.8) is 0 Å². The fraction of sp³-hybridized carbons (Fsp3) is 0.100. The van der Waals surface area contributed by atoms with Crippen LogP contribution in [0.25, 0.3) is 0 Å². The molecule has 0 unspecified atom stereocenters. The van der Waals surface area contributed by atoms with Gasteiger partial charge in [0.05, 0.1) is 12.9 Å². The van der Waals surface area contributed by atoms with Crippen molar-refractivity contribution < 1.29 is 14.3 Å². The molecule has 0 saturated heterocycles. The fourth-order valence-electron chi connectivity index (χ4n) is 2.25. The minimum atomic E-state index is -0.255. The molecule has 0 radical (unpaired) electrons. The van der Waals surface area contributed by atoms with Crippen LogP contribution in [-0.4, -0.2) is 34.9 Å². The number of nitrogens with one attached hydrogen (secondary N) is 2. The number of ether oxygens (including phenoxy) is 1. The van der Waals surface area contributed by atoms with Crippen molar-refractivity contribution >= 4 is 35.1 Å². The molecule has 0 atom stereocenters. The lowest BCUT2D eigenvalue weighted by molar-refractivity contribution is -0.113. The normalized spacial score (nSPS) is 10.2. The first-order valence-electron chi connectivity index (χ1n) is 8.41. The molecule has 2 N–H and O–H groups in total. The molecule has 1 aromatic heterocycles. The summed E-state index contributed by atoms with van der Waals surface area (Å²) in [5, 5.41) is 14.1. The van der Waals surface area contributed by atoms with Gasteiger partial charge in [0.2, 0.25) is 5.91 Å². The average molecular weight is 394 g/mol. The van der Waals surface area contributed by atoms with E-state index in [0.717, 1.165) is 5.75 Å². The summed E-state index contributed by atoms with van der Waals surface area (Å²) in [7, 11) is 1.59. The molecule has 142 valence electrons. The maximum absolute atomic E-state index is 12.1. The van der Waals surface area contributed by atoms with Crippen LogP contribution in [0.5, 0.6) is 5.75 Å². The van der Waals surface area contributed by atoms with E-state index in [-0.39, 0.29) is 17.6 Å². The number of methoxy groups -OCH3 is 1. The van der Waals surface area contributed by atoms with E-state index in [1.54, 1.807) is 67.8 Å². The molecular formula is C20H18N4O3S. The van der Waals surface area contributed by atoms with Crippen molar-refractivity contribution in [2.24, 2.45) is 0 Å². The van der Waals surface area contributed by atoms with Gasteiger partial charge in [0.25, 0.3) is 5.91 Å². The number of hydrogen-bond acceptors (Lipinski definition) is 6. The zero-order valence-electron chi connectivity index (χ0n) is 15.1. The van der Waals surface area contributed by atoms with Gasteiger partial charge in [-0.15, -0.1) is 10.2 Å². The molecule has 2 aromatic carbocycles. The Morgan fingerprint density at radius 3 is 2.32 bits per heavy atom. The smallest absolute Gasteiger partial charge is 0.256 e. The van der Waals surface area contributed by atoms with Crippen LogP contribution in [0, 0.1) is 0 Å². The lowest BCUT2D eigenvalue weighted by Gasteiger charge is -2.06. The highest BCUT2D eigenvalue weighted by molar-refractivity contribution is 7.99. The maximum atomic E-state index is 12.1. The zero-order valence-corrected chi connectivity index (χ0v) is 15.9. The summed E-state index contributed by atoms with van der Waals surface area (Å²) in [6.45, 7) is 0. The molecule has 0 bridgehead atoms. The molecule has 3 rings (SSSR count). The number of anilines is 2. The van der Waals surface area contributed by atoms with Crippen molar-refractivity contribution in [2.75, 3.05) is 23.5 Å². The van der Waals surface area contributed by atoms with Gasteiger partial charge in [-0.3, -0.25) is 9.59 Å². The molecule has 0 aliphatic carbocycles. The summed E-state index contributed by atoms with van der Waals surface area (Å²) in [4.78, 5) is 24.1. The maximum Gasteiger partial charge on any atom is 0.256 e. The number of rotatable bonds is 7. The Morgan fingerprint density at radius 1 is 0.929 bits per heavy atom. The number of amides is 2. The van der Waals surface area contributed by atoms with E-state index in [9.17, 15) is 9.59 Å². The van der Waals surface area contributed by atoms with Crippen molar-refractivity contribution in [1.82, 2.24) is 10.2 Å². The number of thioether (sulfide) groups is 1. The molecule has 0 aliphatic rings. The Hall–Kier alpha value is -3.39. The van der Waals surface area contributed by atoms with E-state index in [0.29, 0.717) is 22.1 Å². The second-order valence-corrected chi connectivity index (χ2v) is 6.64. The van der Waals surface area contributed by atoms with Gasteiger partial charge in [-0.2, -0.15) is 0 Å². The standard InChI is InChI=1S/C20H18N4O3S/c1-27-16-9-7-15(8-10-16)21-18(25)13-28-19-12-11-17(23-24-19)22-20(26)14-5-3-2-4-6-14/h2-12H,13H2,1H3,(H,21,25)(H,22,23,26). The second-order valence-electron chi connectivity index (χ2n) is 5.64. The average Bonchev–Trinajstić information content (AvgIpc) is 2.74. The van der Waals surface area contributed by atoms with Gasteiger partial charge >= 0.3 is 0 Å². The quantitative estimate of drug-likeness (QED) is 0.596. The Labute approximate surface area is 166 Å². The minimum Gasteiger partial charge on any atom is -0.497 e. The Bertz CT molecular complexity index is 932. The number of nitrogens with zero attached hydrogens (tertiary/aromatic N) is 2. The van der Waals surface area contributed by atoms with Crippen LogP contribution < -0.4 is 15.4 Å². The highest BCUT2D eigenvalue weighted by Crippen LogP contribution is 2.18. The lowest BCUT2D eigenvalue weighted by atomic mass is 10.2. The van der Waals surface area contributed by atoms with Crippen molar-refractivity contribution in [3.05, 3.63) is 72.3 Å². The van der Waals surface area contributed by atoms with E-state index in [4.69, 9.17) is 4.74 Å². The molecule has 0 fully saturated rings. The number of benzene rings is 2. The summed E-state index contributed by atoms with van der Waals surface area (Å²) in [5.74, 6) is 0.853. The molecule has 0 aliphatic heterocycles. The van der Waals surface area contributed by atoms with E-state index in [1.165, 1.54) is 11.8 Å². The molecule has 8 heteroatoms. The zero-order chi connectivity index (χ0) is 19.8. The topological polar surface area (TPSA) is 93.2 Å². The van der Waals surface area contributed by atoms with Crippen molar-refractivity contribution in [1.29, 1.82) is 0 Å². The molecule has 0 spiro atoms. The van der Waals surface area contributed by atoms with Crippen LogP contribution in [0.4, 0.5) is 11.5 Å². The van der Waals surface area contributed by atoms with Crippen molar-refractivity contribution in [2.45, 2.75) is 5.03 Å². The first-order valence-corrected chi connectivity index (χ1v) is 9.39. The summed E-state index contributed by atoms with van der Waals surface area (Å²) in [6, 6.07) is 19.3. The summed E-state index contributed by atoms with van der Waals surface area (Å²) in [5.41, 5.74) is 1.23. The van der Waals surface area contributed by atoms with E-state index >= 15 is 0 Å². The van der Waals surface area contributed by atoms with E-state index in [2.05, 4.69) is 20.8 Å². The fourth-order valence-corrected chi connectivity index (χ4v) is 2.87. The molecule has 3 aromatic rings. The van der Waals surface area contributed by atoms with Gasteiger partial charge in [-0.1, -0.05) is 30.0 Å². The monoisotopic (exact) mass is 394 g/mol. The van der Waals surface area contributed by atoms with Crippen LogP contribution in [0.1, 0.15) is 10.4 Å². The predicted molar refractivity (Wildman–Crippen MR) is 109 cm³/mol. The highest BCUT2D eigenvalue weighted by atomic mass is 32.2. The van der Waals surface area contributed by atoms with Crippen LogP contribution in [0.2, 0.25) is 0 Å². The molecule has 7 nitrogen and oxygen atoms in total. The highest BCUT2D eigenvalue weighted by Gasteiger charge is 2.08. The predicted octanol–water partition coefficient (Wildman–Crippen LogP) is 3.47. The van der Waals surface area contributed by atoms with E-state index < -0.39 is 0 Å². The third-order valence-corrected chi connectivity index (χ3v) is 4.56. The summed E-state index contributed by atoms with van der Waals surface area (Å²) in [6.07, 6.45) is 0. The SMILES string of the molecule is COc1ccc(NC(=O)CSc2ccc(NC(=O)c3ccccc3)nn2)cc1. The van der Waals surface area contributed by atoms with Crippen LogP contribution >= 0.6 is 11.8 Å². The first-order chi connectivity index (χ1) is 13.6. The van der Waals surface area contributed by atoms with Gasteiger partial charge < -0.3 is 15.4 Å². The summed E-state index contributed by atoms with van der Waals surface area (Å²) >= 11 is 1.26. The molecule has 28 heavy (non-hydrogen) atoms. The molecule has 0 saturated carbocycles. The summed E-state index contributed by atoms with van der Waals surface area (Å²) < 4.78 is 5.08. The van der Waals surface area contributed by atoms with Gasteiger partial charge in [-0.25, -0.2) is 0 Å². The second kappa shape index (κ2) is 9.52. The Balaban J connectivity index is 1.48. The Morgan fingerprint density at radius 2 is 1.68 bits per heavy atom. The van der Waals surface area contributed by atoms with Crippen molar-refractivity contribution in [3.8, 4) is 5.75 Å². The van der Waals surface area contributed by atoms with Gasteiger partial charge in [0.1, 0.15) is 10.8 Å². The molecule has 2 amide bonds. The first kappa shape index (κ1) is 19.4. The third kappa shape index (κ3) is 5.55. The van der Waals surface area contributed by atoms with Gasteiger partial charge in [0.15, 0.2) is 5.82 Å². The number of aromatic nitrogens is 2. The third-order valence-electron chi connectivity index (χ3n) is 3.64. The molecular weight excluding hydrogens is 376 g/mol. The Kier molecular flexibility index (Phi) is 6.59. The van der Waals surface area contributed by atoms with Crippen LogP contribution in [0.15, 0.2) is 71.8 Å². The van der Waals surface area contributed by atoms with Crippen LogP contribution in [0.3, 0.4) is 0 Å². The number of carbonyl (C=O) groups is 2. The van der Waals surface area contributed by atoms with Gasteiger partial charge in [0, 0.05) is 11.3 Å². The molecule has 1 heterocycles. The lowest BCUT2D eigenvalue weighted by Crippen LogP contribution is -2.14. The number of hydrogen-bond donors (Lipinski definition) is 2. The minimum absolute atomic E-state index is 0.154. The van der Waals surface area contributed by atoms with Crippen LogP contribution in [-0.2, 0) is 4.79 Å². The van der Waals surface area contributed by atoms with E-state index in [1.807, 2.05) is 6.07 Å². The van der Waals surface area contributed by atoms with Gasteiger partial charge in [-0.05, 0) is 48.5 Å². The largest absolute Gasteiger partial charge is 0.497 e.